The molecule has 1 atom stereocenters. The van der Waals surface area contributed by atoms with Gasteiger partial charge in [-0.3, -0.25) is 29.1 Å². The molecule has 0 aliphatic rings. The van der Waals surface area contributed by atoms with Crippen LogP contribution in [-0.2, 0) is 9.59 Å². The Hall–Kier alpha value is -4.61. The van der Waals surface area contributed by atoms with Gasteiger partial charge in [0, 0.05) is 47.3 Å². The van der Waals surface area contributed by atoms with E-state index in [0.717, 1.165) is 34.6 Å². The summed E-state index contributed by atoms with van der Waals surface area (Å²) in [5.74, 6) is -1.09. The lowest BCUT2D eigenvalue weighted by Gasteiger charge is -2.11. The third kappa shape index (κ3) is 8.94. The number of pyridine rings is 2. The number of benzene rings is 2. The molecule has 2 amide bonds. The van der Waals surface area contributed by atoms with Gasteiger partial charge in [0.05, 0.1) is 16.7 Å². The second-order valence-corrected chi connectivity index (χ2v) is 10.9. The standard InChI is InChI=1S/C32H33N5O5S/c33-25(32(41)42)13-18-43-19-14-27(38)21-9-11-22(12-10-21)31(40)36-15-3-1-2-8-28(39)37-26-20-23-6-4-16-34-29(23)30-24(26)7-5-17-35-30/h4-7,9-12,14,16-17,19-20,25H,1-3,8,13,15,18,33H2,(H,36,40)(H,37,39)(H,41,42)/b19-14+/t25-/m0/s1. The average Bonchev–Trinajstić information content (AvgIpc) is 3.02. The third-order valence-electron chi connectivity index (χ3n) is 6.71. The summed E-state index contributed by atoms with van der Waals surface area (Å²) >= 11 is 1.31. The molecular weight excluding hydrogens is 566 g/mol. The number of anilines is 1. The normalized spacial score (nSPS) is 11.9. The predicted octanol–water partition coefficient (Wildman–Crippen LogP) is 4.94. The number of carbonyl (C=O) groups excluding carboxylic acids is 3. The molecule has 0 unspecified atom stereocenters. The SMILES string of the molecule is N[C@@H](CCS/C=C/C(=O)c1ccc(C(=O)NCCCCCC(=O)Nc2cc3cccnc3c3ncccc23)cc1)C(=O)O. The number of unbranched alkanes of at least 4 members (excludes halogenated alkanes) is 2. The largest absolute Gasteiger partial charge is 0.480 e. The number of thioether (sulfide) groups is 1. The smallest absolute Gasteiger partial charge is 0.320 e. The Balaban J connectivity index is 1.15. The molecule has 0 bridgehead atoms. The fraction of sp³-hybridized carbons (Fsp3) is 0.250. The van der Waals surface area contributed by atoms with Gasteiger partial charge in [0.15, 0.2) is 5.78 Å². The monoisotopic (exact) mass is 599 g/mol. The lowest BCUT2D eigenvalue weighted by atomic mass is 10.1. The molecule has 2 heterocycles. The number of nitrogens with one attached hydrogen (secondary N) is 2. The summed E-state index contributed by atoms with van der Waals surface area (Å²) in [5.41, 5.74) is 8.59. The van der Waals surface area contributed by atoms with Crippen molar-refractivity contribution < 1.29 is 24.3 Å². The first-order valence-electron chi connectivity index (χ1n) is 13.9. The first-order valence-corrected chi connectivity index (χ1v) is 15.0. The fourth-order valence-electron chi connectivity index (χ4n) is 4.36. The average molecular weight is 600 g/mol. The summed E-state index contributed by atoms with van der Waals surface area (Å²) in [4.78, 5) is 57.1. The van der Waals surface area contributed by atoms with Gasteiger partial charge in [-0.15, -0.1) is 11.8 Å². The second-order valence-electron chi connectivity index (χ2n) is 9.86. The van der Waals surface area contributed by atoms with Crippen LogP contribution in [0.3, 0.4) is 0 Å². The minimum atomic E-state index is -1.05. The van der Waals surface area contributed by atoms with E-state index >= 15 is 0 Å². The van der Waals surface area contributed by atoms with E-state index in [0.29, 0.717) is 48.4 Å². The number of aliphatic carboxylic acids is 1. The molecule has 0 saturated carbocycles. The van der Waals surface area contributed by atoms with Crippen LogP contribution in [0.5, 0.6) is 0 Å². The molecule has 0 spiro atoms. The molecular formula is C32H33N5O5S. The van der Waals surface area contributed by atoms with Gasteiger partial charge in [-0.2, -0.15) is 0 Å². The Bertz CT molecular complexity index is 1640. The number of rotatable bonds is 15. The van der Waals surface area contributed by atoms with Gasteiger partial charge in [0.25, 0.3) is 5.91 Å². The van der Waals surface area contributed by atoms with Crippen LogP contribution in [-0.4, -0.2) is 57.0 Å². The first kappa shape index (κ1) is 31.3. The summed E-state index contributed by atoms with van der Waals surface area (Å²) < 4.78 is 0. The van der Waals surface area contributed by atoms with Gasteiger partial charge in [-0.1, -0.05) is 24.6 Å². The Labute approximate surface area is 253 Å². The van der Waals surface area contributed by atoms with Gasteiger partial charge < -0.3 is 21.5 Å². The van der Waals surface area contributed by atoms with E-state index in [1.807, 2.05) is 30.3 Å². The zero-order valence-corrected chi connectivity index (χ0v) is 24.3. The number of carbonyl (C=O) groups is 4. The number of aromatic nitrogens is 2. The maximum atomic E-state index is 12.7. The number of allylic oxidation sites excluding steroid dienone is 1. The van der Waals surface area contributed by atoms with E-state index in [9.17, 15) is 19.2 Å². The molecule has 4 rings (SSSR count). The Morgan fingerprint density at radius 2 is 1.65 bits per heavy atom. The van der Waals surface area contributed by atoms with Crippen LogP contribution >= 0.6 is 11.8 Å². The Kier molecular flexibility index (Phi) is 11.3. The molecule has 0 saturated heterocycles. The number of carboxylic acid groups (broad SMARTS) is 1. The summed E-state index contributed by atoms with van der Waals surface area (Å²) in [6.45, 7) is 0.473. The van der Waals surface area contributed by atoms with E-state index in [1.165, 1.54) is 17.8 Å². The minimum absolute atomic E-state index is 0.0807. The summed E-state index contributed by atoms with van der Waals surface area (Å²) in [5, 5.41) is 18.0. The highest BCUT2D eigenvalue weighted by molar-refractivity contribution is 8.02. The highest BCUT2D eigenvalue weighted by atomic mass is 32.2. The number of hydrogen-bond acceptors (Lipinski definition) is 8. The van der Waals surface area contributed by atoms with Crippen molar-refractivity contribution in [2.24, 2.45) is 5.73 Å². The van der Waals surface area contributed by atoms with E-state index in [4.69, 9.17) is 10.8 Å². The molecule has 4 aromatic rings. The number of nitrogens with two attached hydrogens (primary N) is 1. The molecule has 43 heavy (non-hydrogen) atoms. The molecule has 10 nitrogen and oxygen atoms in total. The van der Waals surface area contributed by atoms with Crippen molar-refractivity contribution in [3.8, 4) is 0 Å². The van der Waals surface area contributed by atoms with Gasteiger partial charge >= 0.3 is 5.97 Å². The van der Waals surface area contributed by atoms with Crippen LogP contribution in [0.1, 0.15) is 52.8 Å². The van der Waals surface area contributed by atoms with Crippen molar-refractivity contribution >= 4 is 62.8 Å². The highest BCUT2D eigenvalue weighted by Gasteiger charge is 2.12. The highest BCUT2D eigenvalue weighted by Crippen LogP contribution is 2.29. The third-order valence-corrected chi connectivity index (χ3v) is 7.51. The van der Waals surface area contributed by atoms with Gasteiger partial charge in [-0.05, 0) is 72.9 Å². The first-order chi connectivity index (χ1) is 20.8. The summed E-state index contributed by atoms with van der Waals surface area (Å²) in [6, 6.07) is 14.9. The van der Waals surface area contributed by atoms with Crippen molar-refractivity contribution in [2.45, 2.75) is 38.1 Å². The van der Waals surface area contributed by atoms with Crippen LogP contribution < -0.4 is 16.4 Å². The van der Waals surface area contributed by atoms with Crippen molar-refractivity contribution in [1.29, 1.82) is 0 Å². The Morgan fingerprint density at radius 3 is 2.42 bits per heavy atom. The van der Waals surface area contributed by atoms with Gasteiger partial charge in [0.2, 0.25) is 5.91 Å². The van der Waals surface area contributed by atoms with Crippen molar-refractivity contribution in [1.82, 2.24) is 15.3 Å². The molecule has 5 N–H and O–H groups in total. The number of carboxylic acids is 1. The lowest BCUT2D eigenvalue weighted by molar-refractivity contribution is -0.138. The van der Waals surface area contributed by atoms with Crippen LogP contribution in [0.4, 0.5) is 5.69 Å². The fourth-order valence-corrected chi connectivity index (χ4v) is 5.11. The number of amides is 2. The minimum Gasteiger partial charge on any atom is -0.480 e. The number of ketones is 1. The van der Waals surface area contributed by atoms with Gasteiger partial charge in [-0.25, -0.2) is 0 Å². The molecule has 0 aliphatic heterocycles. The second kappa shape index (κ2) is 15.6. The molecule has 222 valence electrons. The van der Waals surface area contributed by atoms with E-state index in [-0.39, 0.29) is 17.6 Å². The molecule has 2 aromatic carbocycles. The summed E-state index contributed by atoms with van der Waals surface area (Å²) in [6.07, 6.45) is 7.69. The molecule has 2 aromatic heterocycles. The maximum Gasteiger partial charge on any atom is 0.320 e. The maximum absolute atomic E-state index is 12.7. The van der Waals surface area contributed by atoms with E-state index < -0.39 is 12.0 Å². The predicted molar refractivity (Wildman–Crippen MR) is 169 cm³/mol. The zero-order valence-electron chi connectivity index (χ0n) is 23.5. The topological polar surface area (TPSA) is 164 Å². The molecule has 0 radical (unpaired) electrons. The number of hydrogen-bond donors (Lipinski definition) is 4. The van der Waals surface area contributed by atoms with Crippen LogP contribution in [0.2, 0.25) is 0 Å². The van der Waals surface area contributed by atoms with E-state index in [2.05, 4.69) is 20.6 Å². The van der Waals surface area contributed by atoms with Crippen molar-refractivity contribution in [2.75, 3.05) is 17.6 Å². The van der Waals surface area contributed by atoms with Crippen LogP contribution in [0.15, 0.2) is 78.5 Å². The zero-order chi connectivity index (χ0) is 30.6. The van der Waals surface area contributed by atoms with Gasteiger partial charge in [0.1, 0.15) is 6.04 Å². The van der Waals surface area contributed by atoms with Crippen molar-refractivity contribution in [3.63, 3.8) is 0 Å². The van der Waals surface area contributed by atoms with Crippen LogP contribution in [0.25, 0.3) is 21.8 Å². The lowest BCUT2D eigenvalue weighted by Crippen LogP contribution is -2.30. The van der Waals surface area contributed by atoms with Crippen LogP contribution in [0, 0.1) is 0 Å². The quantitative estimate of drug-likeness (QED) is 0.0641. The molecule has 11 heteroatoms. The van der Waals surface area contributed by atoms with E-state index in [1.54, 1.807) is 42.1 Å². The summed E-state index contributed by atoms with van der Waals surface area (Å²) in [7, 11) is 0. The number of nitrogens with zero attached hydrogens (tertiary/aromatic N) is 2. The molecule has 0 aliphatic carbocycles. The number of fused-ring (bicyclic) bond motifs is 3. The molecule has 0 fully saturated rings. The Morgan fingerprint density at radius 1 is 0.930 bits per heavy atom. The van der Waals surface area contributed by atoms with Crippen molar-refractivity contribution in [3.05, 3.63) is 89.6 Å².